The Morgan fingerprint density at radius 1 is 1.20 bits per heavy atom. The molecule has 1 fully saturated rings. The highest BCUT2D eigenvalue weighted by molar-refractivity contribution is 8.00. The minimum atomic E-state index is -0.441. The molecule has 1 heterocycles. The summed E-state index contributed by atoms with van der Waals surface area (Å²) in [5.41, 5.74) is 1.30. The number of rotatable bonds is 5. The summed E-state index contributed by atoms with van der Waals surface area (Å²) in [5.74, 6) is 1.34. The number of hydrogen-bond donors (Lipinski definition) is 0. The number of non-ortho nitro benzene ring substituents is 1. The summed E-state index contributed by atoms with van der Waals surface area (Å²) in [5, 5.41) is 10.7. The van der Waals surface area contributed by atoms with E-state index in [1.54, 1.807) is 42.3 Å². The standard InChI is InChI=1S/C17H16N2O5S/c1-23-13-6-7-14(15(9-13)24-2)18-16(20)10-25-17(18)11-4-3-5-12(8-11)19(21)22/h3-9,17H,10H2,1-2H3/t17-/m0/s1. The number of carbonyl (C=O) groups excluding carboxylic acids is 1. The predicted octanol–water partition coefficient (Wildman–Crippen LogP) is 3.39. The lowest BCUT2D eigenvalue weighted by Crippen LogP contribution is -2.28. The highest BCUT2D eigenvalue weighted by atomic mass is 32.2. The van der Waals surface area contributed by atoms with E-state index in [4.69, 9.17) is 9.47 Å². The molecule has 3 rings (SSSR count). The van der Waals surface area contributed by atoms with Gasteiger partial charge in [0, 0.05) is 18.2 Å². The molecule has 0 unspecified atom stereocenters. The fraction of sp³-hybridized carbons (Fsp3) is 0.235. The maximum Gasteiger partial charge on any atom is 0.269 e. The first kappa shape index (κ1) is 17.1. The number of nitro benzene ring substituents is 1. The highest BCUT2D eigenvalue weighted by Crippen LogP contribution is 2.46. The van der Waals surface area contributed by atoms with E-state index >= 15 is 0 Å². The summed E-state index contributed by atoms with van der Waals surface area (Å²) in [6.07, 6.45) is 0. The quantitative estimate of drug-likeness (QED) is 0.600. The van der Waals surface area contributed by atoms with Crippen molar-refractivity contribution in [2.24, 2.45) is 0 Å². The maximum absolute atomic E-state index is 12.5. The first-order valence-corrected chi connectivity index (χ1v) is 8.50. The van der Waals surface area contributed by atoms with Crippen molar-refractivity contribution in [3.05, 3.63) is 58.1 Å². The average Bonchev–Trinajstić information content (AvgIpc) is 3.02. The molecule has 25 heavy (non-hydrogen) atoms. The molecule has 1 aliphatic rings. The molecule has 0 saturated carbocycles. The average molecular weight is 360 g/mol. The van der Waals surface area contributed by atoms with Crippen molar-refractivity contribution in [1.29, 1.82) is 0 Å². The molecular weight excluding hydrogens is 344 g/mol. The van der Waals surface area contributed by atoms with Crippen LogP contribution in [0.15, 0.2) is 42.5 Å². The Morgan fingerprint density at radius 3 is 2.68 bits per heavy atom. The number of hydrogen-bond acceptors (Lipinski definition) is 6. The fourth-order valence-corrected chi connectivity index (χ4v) is 3.87. The summed E-state index contributed by atoms with van der Waals surface area (Å²) in [4.78, 5) is 24.7. The molecule has 1 amide bonds. The number of methoxy groups -OCH3 is 2. The monoisotopic (exact) mass is 360 g/mol. The Balaban J connectivity index is 2.03. The first-order valence-electron chi connectivity index (χ1n) is 7.45. The molecule has 0 radical (unpaired) electrons. The van der Waals surface area contributed by atoms with Crippen LogP contribution in [-0.4, -0.2) is 30.8 Å². The molecule has 0 aromatic heterocycles. The van der Waals surface area contributed by atoms with Gasteiger partial charge in [-0.05, 0) is 17.7 Å². The third-order valence-corrected chi connectivity index (χ3v) is 5.09. The Labute approximate surface area is 148 Å². The summed E-state index contributed by atoms with van der Waals surface area (Å²) in [6, 6.07) is 11.6. The molecule has 8 heteroatoms. The second-order valence-corrected chi connectivity index (χ2v) is 6.39. The van der Waals surface area contributed by atoms with E-state index in [0.717, 1.165) is 0 Å². The van der Waals surface area contributed by atoms with Crippen LogP contribution in [0.5, 0.6) is 11.5 Å². The van der Waals surface area contributed by atoms with Gasteiger partial charge in [0.05, 0.1) is 30.6 Å². The Hall–Kier alpha value is -2.74. The van der Waals surface area contributed by atoms with E-state index in [1.165, 1.54) is 31.0 Å². The lowest BCUT2D eigenvalue weighted by atomic mass is 10.1. The van der Waals surface area contributed by atoms with Crippen molar-refractivity contribution in [2.45, 2.75) is 5.37 Å². The molecule has 0 spiro atoms. The summed E-state index contributed by atoms with van der Waals surface area (Å²) in [6.45, 7) is 0. The van der Waals surface area contributed by atoms with Gasteiger partial charge in [-0.15, -0.1) is 11.8 Å². The van der Waals surface area contributed by atoms with Gasteiger partial charge < -0.3 is 9.47 Å². The van der Waals surface area contributed by atoms with Crippen molar-refractivity contribution in [3.63, 3.8) is 0 Å². The summed E-state index contributed by atoms with van der Waals surface area (Å²) >= 11 is 1.42. The van der Waals surface area contributed by atoms with Crippen LogP contribution in [0.25, 0.3) is 0 Å². The molecule has 130 valence electrons. The van der Waals surface area contributed by atoms with Gasteiger partial charge in [-0.1, -0.05) is 12.1 Å². The number of thioether (sulfide) groups is 1. The van der Waals surface area contributed by atoms with Crippen molar-refractivity contribution in [2.75, 3.05) is 24.9 Å². The summed E-state index contributed by atoms with van der Waals surface area (Å²) in [7, 11) is 3.07. The number of carbonyl (C=O) groups is 1. The molecule has 1 saturated heterocycles. The van der Waals surface area contributed by atoms with E-state index in [0.29, 0.717) is 28.5 Å². The van der Waals surface area contributed by atoms with Crippen molar-refractivity contribution in [3.8, 4) is 11.5 Å². The Kier molecular flexibility index (Phi) is 4.80. The molecule has 1 aliphatic heterocycles. The second-order valence-electron chi connectivity index (χ2n) is 5.32. The number of benzene rings is 2. The zero-order valence-corrected chi connectivity index (χ0v) is 14.5. The van der Waals surface area contributed by atoms with Crippen LogP contribution in [0.2, 0.25) is 0 Å². The summed E-state index contributed by atoms with van der Waals surface area (Å²) < 4.78 is 10.6. The third-order valence-electron chi connectivity index (χ3n) is 3.88. The van der Waals surface area contributed by atoms with E-state index in [9.17, 15) is 14.9 Å². The molecule has 1 atom stereocenters. The largest absolute Gasteiger partial charge is 0.497 e. The van der Waals surface area contributed by atoms with Crippen LogP contribution in [0.3, 0.4) is 0 Å². The van der Waals surface area contributed by atoms with E-state index in [-0.39, 0.29) is 17.0 Å². The number of amides is 1. The molecular formula is C17H16N2O5S. The van der Waals surface area contributed by atoms with Crippen LogP contribution in [0.1, 0.15) is 10.9 Å². The SMILES string of the molecule is COc1ccc(N2C(=O)CS[C@H]2c2cccc([N+](=O)[O-])c2)c(OC)c1. The van der Waals surface area contributed by atoms with Gasteiger partial charge >= 0.3 is 0 Å². The van der Waals surface area contributed by atoms with Gasteiger partial charge in [0.1, 0.15) is 16.9 Å². The van der Waals surface area contributed by atoms with Crippen LogP contribution in [0.4, 0.5) is 11.4 Å². The highest BCUT2D eigenvalue weighted by Gasteiger charge is 2.36. The zero-order chi connectivity index (χ0) is 18.0. The maximum atomic E-state index is 12.5. The Morgan fingerprint density at radius 2 is 2.00 bits per heavy atom. The normalized spacial score (nSPS) is 16.8. The van der Waals surface area contributed by atoms with Gasteiger partial charge in [0.2, 0.25) is 5.91 Å². The molecule has 0 aliphatic carbocycles. The van der Waals surface area contributed by atoms with Crippen molar-refractivity contribution < 1.29 is 19.2 Å². The molecule has 0 N–H and O–H groups in total. The van der Waals surface area contributed by atoms with Crippen LogP contribution >= 0.6 is 11.8 Å². The molecule has 7 nitrogen and oxygen atoms in total. The third kappa shape index (κ3) is 3.25. The van der Waals surface area contributed by atoms with Crippen molar-refractivity contribution in [1.82, 2.24) is 0 Å². The van der Waals surface area contributed by atoms with Gasteiger partial charge in [-0.3, -0.25) is 19.8 Å². The fourth-order valence-electron chi connectivity index (χ4n) is 2.71. The number of anilines is 1. The predicted molar refractivity (Wildman–Crippen MR) is 95.3 cm³/mol. The van der Waals surface area contributed by atoms with Gasteiger partial charge in [0.25, 0.3) is 5.69 Å². The van der Waals surface area contributed by atoms with Gasteiger partial charge in [-0.2, -0.15) is 0 Å². The van der Waals surface area contributed by atoms with Gasteiger partial charge in [0.15, 0.2) is 0 Å². The molecule has 2 aromatic rings. The van der Waals surface area contributed by atoms with E-state index in [1.807, 2.05) is 0 Å². The van der Waals surface area contributed by atoms with E-state index in [2.05, 4.69) is 0 Å². The van der Waals surface area contributed by atoms with Crippen molar-refractivity contribution >= 4 is 29.0 Å². The number of nitrogens with zero attached hydrogens (tertiary/aromatic N) is 2. The number of nitro groups is 1. The van der Waals surface area contributed by atoms with Gasteiger partial charge in [-0.25, -0.2) is 0 Å². The molecule has 0 bridgehead atoms. The van der Waals surface area contributed by atoms with Crippen LogP contribution < -0.4 is 14.4 Å². The Bertz CT molecular complexity index is 826. The minimum Gasteiger partial charge on any atom is -0.497 e. The smallest absolute Gasteiger partial charge is 0.269 e. The second kappa shape index (κ2) is 7.02. The topological polar surface area (TPSA) is 81.9 Å². The number of ether oxygens (including phenoxy) is 2. The van der Waals surface area contributed by atoms with E-state index < -0.39 is 4.92 Å². The van der Waals surface area contributed by atoms with Crippen LogP contribution in [0, 0.1) is 10.1 Å². The van der Waals surface area contributed by atoms with Crippen LogP contribution in [-0.2, 0) is 4.79 Å². The molecule has 2 aromatic carbocycles. The lowest BCUT2D eigenvalue weighted by molar-refractivity contribution is -0.384. The first-order chi connectivity index (χ1) is 12.0. The lowest BCUT2D eigenvalue weighted by Gasteiger charge is -2.26. The zero-order valence-electron chi connectivity index (χ0n) is 13.7. The minimum absolute atomic E-state index is 0.000838.